The molecule has 0 rings (SSSR count). The molecule has 0 unspecified atom stereocenters. The Balaban J connectivity index is 4.27. The molecular weight excluding hydrogens is 218 g/mol. The maximum atomic E-state index is 11.4. The van der Waals surface area contributed by atoms with Crippen LogP contribution in [0.25, 0.3) is 0 Å². The van der Waals surface area contributed by atoms with Crippen LogP contribution in [-0.2, 0) is 14.4 Å². The molecule has 7 heteroatoms. The monoisotopic (exact) mass is 233 g/mol. The van der Waals surface area contributed by atoms with E-state index in [1.807, 2.05) is 0 Å². The average molecular weight is 233 g/mol. The second-order valence-corrected chi connectivity index (χ2v) is 3.43. The van der Waals surface area contributed by atoms with E-state index in [2.05, 4.69) is 23.3 Å². The third-order valence-electron chi connectivity index (χ3n) is 1.66. The first-order valence-corrected chi connectivity index (χ1v) is 4.99. The van der Waals surface area contributed by atoms with Crippen molar-refractivity contribution in [2.45, 2.75) is 25.9 Å². The zero-order valence-corrected chi connectivity index (χ0v) is 9.51. The number of carbonyl (C=O) groups excluding carboxylic acids is 3. The van der Waals surface area contributed by atoms with E-state index in [0.29, 0.717) is 0 Å². The number of thiol groups is 1. The molecule has 0 aliphatic heterocycles. The molecule has 3 amide bonds. The predicted octanol–water partition coefficient (Wildman–Crippen LogP) is -1.59. The SMILES string of the molecule is CC(=O)N[C@@H](CS)C(=O)N[C@@H](C)C(N)=O. The second kappa shape index (κ2) is 6.28. The Kier molecular flexibility index (Phi) is 5.76. The van der Waals surface area contributed by atoms with Crippen LogP contribution in [0.5, 0.6) is 0 Å². The van der Waals surface area contributed by atoms with Crippen molar-refractivity contribution in [1.29, 1.82) is 0 Å². The quantitative estimate of drug-likeness (QED) is 0.431. The first-order valence-electron chi connectivity index (χ1n) is 4.36. The number of primary amides is 1. The number of nitrogens with two attached hydrogens (primary N) is 1. The standard InChI is InChI=1S/C8H15N3O3S/c1-4(7(9)13)10-8(14)6(3-15)11-5(2)12/h4,6,15H,3H2,1-2H3,(H2,9,13)(H,10,14)(H,11,12)/t4-,6-/m0/s1. The van der Waals surface area contributed by atoms with Gasteiger partial charge in [-0.2, -0.15) is 12.6 Å². The summed E-state index contributed by atoms with van der Waals surface area (Å²) < 4.78 is 0. The number of hydrogen-bond acceptors (Lipinski definition) is 4. The Morgan fingerprint density at radius 3 is 2.20 bits per heavy atom. The van der Waals surface area contributed by atoms with Crippen molar-refractivity contribution >= 4 is 30.4 Å². The lowest BCUT2D eigenvalue weighted by Gasteiger charge is -2.17. The lowest BCUT2D eigenvalue weighted by molar-refractivity contribution is -0.130. The lowest BCUT2D eigenvalue weighted by atomic mass is 10.2. The van der Waals surface area contributed by atoms with Gasteiger partial charge in [0.2, 0.25) is 17.7 Å². The first kappa shape index (κ1) is 13.8. The first-order chi connectivity index (χ1) is 6.88. The number of amides is 3. The average Bonchev–Trinajstić information content (AvgIpc) is 2.13. The summed E-state index contributed by atoms with van der Waals surface area (Å²) in [6, 6.07) is -1.53. The zero-order valence-electron chi connectivity index (χ0n) is 8.61. The van der Waals surface area contributed by atoms with E-state index >= 15 is 0 Å². The molecule has 0 saturated carbocycles. The molecule has 0 heterocycles. The minimum atomic E-state index is -0.770. The Labute approximate surface area is 93.4 Å². The van der Waals surface area contributed by atoms with Crippen LogP contribution in [0.2, 0.25) is 0 Å². The van der Waals surface area contributed by atoms with E-state index in [1.165, 1.54) is 13.8 Å². The number of nitrogens with one attached hydrogen (secondary N) is 2. The van der Waals surface area contributed by atoms with Gasteiger partial charge in [0.1, 0.15) is 12.1 Å². The van der Waals surface area contributed by atoms with Gasteiger partial charge in [-0.05, 0) is 6.92 Å². The van der Waals surface area contributed by atoms with E-state index in [0.717, 1.165) is 0 Å². The van der Waals surface area contributed by atoms with Crippen molar-refractivity contribution in [3.05, 3.63) is 0 Å². The second-order valence-electron chi connectivity index (χ2n) is 3.07. The summed E-state index contributed by atoms with van der Waals surface area (Å²) in [6.45, 7) is 2.75. The number of rotatable bonds is 5. The van der Waals surface area contributed by atoms with Gasteiger partial charge < -0.3 is 16.4 Å². The molecule has 15 heavy (non-hydrogen) atoms. The molecule has 0 aromatic heterocycles. The van der Waals surface area contributed by atoms with E-state index in [4.69, 9.17) is 5.73 Å². The highest BCUT2D eigenvalue weighted by atomic mass is 32.1. The molecule has 4 N–H and O–H groups in total. The molecule has 86 valence electrons. The zero-order chi connectivity index (χ0) is 12.0. The van der Waals surface area contributed by atoms with Crippen LogP contribution in [0.1, 0.15) is 13.8 Å². The van der Waals surface area contributed by atoms with Crippen molar-refractivity contribution < 1.29 is 14.4 Å². The topological polar surface area (TPSA) is 101 Å². The van der Waals surface area contributed by atoms with Crippen LogP contribution in [0.4, 0.5) is 0 Å². The molecule has 0 bridgehead atoms. The number of carbonyl (C=O) groups is 3. The summed E-state index contributed by atoms with van der Waals surface area (Å²) in [7, 11) is 0. The van der Waals surface area contributed by atoms with E-state index < -0.39 is 23.9 Å². The molecule has 0 aromatic rings. The highest BCUT2D eigenvalue weighted by Crippen LogP contribution is 1.90. The van der Waals surface area contributed by atoms with Crippen LogP contribution in [-0.4, -0.2) is 35.6 Å². The van der Waals surface area contributed by atoms with Crippen molar-refractivity contribution in [3.63, 3.8) is 0 Å². The minimum absolute atomic E-state index is 0.150. The van der Waals surface area contributed by atoms with Gasteiger partial charge in [-0.15, -0.1) is 0 Å². The largest absolute Gasteiger partial charge is 0.368 e. The normalized spacial score (nSPS) is 13.8. The van der Waals surface area contributed by atoms with Crippen LogP contribution >= 0.6 is 12.6 Å². The van der Waals surface area contributed by atoms with Gasteiger partial charge in [-0.1, -0.05) is 0 Å². The van der Waals surface area contributed by atoms with Crippen LogP contribution in [0.15, 0.2) is 0 Å². The summed E-state index contributed by atoms with van der Waals surface area (Å²) in [6.07, 6.45) is 0. The van der Waals surface area contributed by atoms with Crippen molar-refractivity contribution in [2.75, 3.05) is 5.75 Å². The molecule has 0 spiro atoms. The summed E-state index contributed by atoms with van der Waals surface area (Å²) in [4.78, 5) is 32.8. The van der Waals surface area contributed by atoms with Crippen molar-refractivity contribution in [1.82, 2.24) is 10.6 Å². The summed E-state index contributed by atoms with van der Waals surface area (Å²) in [5.41, 5.74) is 4.97. The van der Waals surface area contributed by atoms with Crippen LogP contribution in [0.3, 0.4) is 0 Å². The summed E-state index contributed by atoms with van der Waals surface area (Å²) in [5, 5.41) is 4.75. The Hall–Kier alpha value is -1.24. The van der Waals surface area contributed by atoms with Crippen molar-refractivity contribution in [3.8, 4) is 0 Å². The molecule has 0 saturated heterocycles. The Morgan fingerprint density at radius 2 is 1.87 bits per heavy atom. The van der Waals surface area contributed by atoms with Gasteiger partial charge in [0.05, 0.1) is 0 Å². The molecule has 0 aromatic carbocycles. The Morgan fingerprint density at radius 1 is 1.33 bits per heavy atom. The molecule has 0 radical (unpaired) electrons. The van der Waals surface area contributed by atoms with Gasteiger partial charge in [-0.25, -0.2) is 0 Å². The summed E-state index contributed by atoms with van der Waals surface area (Å²) in [5.74, 6) is -1.30. The van der Waals surface area contributed by atoms with E-state index in [9.17, 15) is 14.4 Å². The lowest BCUT2D eigenvalue weighted by Crippen LogP contribution is -2.52. The highest BCUT2D eigenvalue weighted by Gasteiger charge is 2.20. The maximum absolute atomic E-state index is 11.4. The third-order valence-corrected chi connectivity index (χ3v) is 2.03. The minimum Gasteiger partial charge on any atom is -0.368 e. The molecule has 6 nitrogen and oxygen atoms in total. The van der Waals surface area contributed by atoms with Crippen molar-refractivity contribution in [2.24, 2.45) is 5.73 Å². The molecule has 0 aliphatic rings. The van der Waals surface area contributed by atoms with Gasteiger partial charge in [0.25, 0.3) is 0 Å². The van der Waals surface area contributed by atoms with Crippen LogP contribution in [0, 0.1) is 0 Å². The molecular formula is C8H15N3O3S. The molecule has 0 aliphatic carbocycles. The molecule has 0 fully saturated rings. The fraction of sp³-hybridized carbons (Fsp3) is 0.625. The highest BCUT2D eigenvalue weighted by molar-refractivity contribution is 7.80. The van der Waals surface area contributed by atoms with E-state index in [1.54, 1.807) is 0 Å². The molecule has 2 atom stereocenters. The predicted molar refractivity (Wildman–Crippen MR) is 58.3 cm³/mol. The van der Waals surface area contributed by atoms with Gasteiger partial charge in [0, 0.05) is 12.7 Å². The summed E-state index contributed by atoms with van der Waals surface area (Å²) >= 11 is 3.91. The van der Waals surface area contributed by atoms with E-state index in [-0.39, 0.29) is 11.7 Å². The number of hydrogen-bond donors (Lipinski definition) is 4. The van der Waals surface area contributed by atoms with Gasteiger partial charge in [-0.3, -0.25) is 14.4 Å². The maximum Gasteiger partial charge on any atom is 0.244 e. The van der Waals surface area contributed by atoms with Crippen LogP contribution < -0.4 is 16.4 Å². The Bertz CT molecular complexity index is 270. The van der Waals surface area contributed by atoms with Gasteiger partial charge in [0.15, 0.2) is 0 Å². The van der Waals surface area contributed by atoms with Gasteiger partial charge >= 0.3 is 0 Å². The fourth-order valence-electron chi connectivity index (χ4n) is 0.825. The third kappa shape index (κ3) is 5.26. The fourth-order valence-corrected chi connectivity index (χ4v) is 1.08. The smallest absolute Gasteiger partial charge is 0.244 e.